The summed E-state index contributed by atoms with van der Waals surface area (Å²) < 4.78 is 1.59. The number of anilines is 2. The van der Waals surface area contributed by atoms with Crippen LogP contribution in [-0.4, -0.2) is 26.1 Å². The van der Waals surface area contributed by atoms with Crippen LogP contribution in [0.5, 0.6) is 0 Å². The minimum Gasteiger partial charge on any atom is -0.326 e. The fraction of sp³-hybridized carbons (Fsp3) is 0.111. The van der Waals surface area contributed by atoms with E-state index in [1.54, 1.807) is 16.8 Å². The van der Waals surface area contributed by atoms with Crippen LogP contribution in [0.15, 0.2) is 65.9 Å². The molecule has 1 aliphatic rings. The van der Waals surface area contributed by atoms with E-state index in [0.29, 0.717) is 22.2 Å². The number of tetrazole rings is 1. The lowest BCUT2D eigenvalue weighted by atomic mass is 9.95. The number of benzene rings is 2. The van der Waals surface area contributed by atoms with E-state index >= 15 is 0 Å². The van der Waals surface area contributed by atoms with Crippen molar-refractivity contribution >= 4 is 29.1 Å². The van der Waals surface area contributed by atoms with Crippen molar-refractivity contribution in [1.82, 2.24) is 20.2 Å². The molecule has 8 heteroatoms. The average molecular weight is 367 g/mol. The van der Waals surface area contributed by atoms with E-state index in [1.807, 2.05) is 49.4 Å². The summed E-state index contributed by atoms with van der Waals surface area (Å²) in [5, 5.41) is 18.4. The SMILES string of the molecule is CC1=C(C(=O)Nc2ccccc2)C(c2ccc(Cl)cc2)n2nnnc2N1. The number of aromatic nitrogens is 4. The summed E-state index contributed by atoms with van der Waals surface area (Å²) in [7, 11) is 0. The molecule has 2 heterocycles. The lowest BCUT2D eigenvalue weighted by Crippen LogP contribution is -2.31. The zero-order valence-electron chi connectivity index (χ0n) is 13.8. The molecule has 2 aromatic carbocycles. The first-order valence-electron chi connectivity index (χ1n) is 8.01. The van der Waals surface area contributed by atoms with Gasteiger partial charge in [0.15, 0.2) is 0 Å². The van der Waals surface area contributed by atoms with E-state index in [9.17, 15) is 4.79 Å². The largest absolute Gasteiger partial charge is 0.326 e. The number of rotatable bonds is 3. The van der Waals surface area contributed by atoms with Gasteiger partial charge in [-0.15, -0.1) is 0 Å². The van der Waals surface area contributed by atoms with E-state index in [-0.39, 0.29) is 5.91 Å². The lowest BCUT2D eigenvalue weighted by molar-refractivity contribution is -0.113. The molecule has 1 unspecified atom stereocenters. The summed E-state index contributed by atoms with van der Waals surface area (Å²) in [6.07, 6.45) is 0. The quantitative estimate of drug-likeness (QED) is 0.743. The summed E-state index contributed by atoms with van der Waals surface area (Å²) >= 11 is 6.01. The molecule has 1 atom stereocenters. The second-order valence-electron chi connectivity index (χ2n) is 5.88. The van der Waals surface area contributed by atoms with Crippen molar-refractivity contribution in [3.8, 4) is 0 Å². The van der Waals surface area contributed by atoms with Gasteiger partial charge in [-0.2, -0.15) is 4.68 Å². The number of amides is 1. The number of nitrogens with one attached hydrogen (secondary N) is 2. The van der Waals surface area contributed by atoms with Crippen LogP contribution >= 0.6 is 11.6 Å². The van der Waals surface area contributed by atoms with Gasteiger partial charge < -0.3 is 10.6 Å². The Kier molecular flexibility index (Phi) is 4.14. The maximum atomic E-state index is 13.0. The molecule has 26 heavy (non-hydrogen) atoms. The topological polar surface area (TPSA) is 84.7 Å². The van der Waals surface area contributed by atoms with Gasteiger partial charge in [0.1, 0.15) is 6.04 Å². The molecule has 0 fully saturated rings. The first-order chi connectivity index (χ1) is 12.6. The molecule has 0 radical (unpaired) electrons. The van der Waals surface area contributed by atoms with Crippen molar-refractivity contribution in [2.75, 3.05) is 10.6 Å². The minimum atomic E-state index is -0.456. The van der Waals surface area contributed by atoms with E-state index in [2.05, 4.69) is 26.2 Å². The minimum absolute atomic E-state index is 0.220. The van der Waals surface area contributed by atoms with Gasteiger partial charge in [0.2, 0.25) is 5.95 Å². The predicted octanol–water partition coefficient (Wildman–Crippen LogP) is 3.25. The third-order valence-corrected chi connectivity index (χ3v) is 4.43. The second-order valence-corrected chi connectivity index (χ2v) is 6.32. The van der Waals surface area contributed by atoms with Gasteiger partial charge in [0.05, 0.1) is 5.57 Å². The van der Waals surface area contributed by atoms with Gasteiger partial charge in [0, 0.05) is 16.4 Å². The van der Waals surface area contributed by atoms with Crippen molar-refractivity contribution in [1.29, 1.82) is 0 Å². The van der Waals surface area contributed by atoms with E-state index in [4.69, 9.17) is 11.6 Å². The highest BCUT2D eigenvalue weighted by atomic mass is 35.5. The van der Waals surface area contributed by atoms with Crippen LogP contribution in [0.1, 0.15) is 18.5 Å². The molecule has 3 aromatic rings. The summed E-state index contributed by atoms with van der Waals surface area (Å²) in [6, 6.07) is 16.1. The van der Waals surface area contributed by atoms with Gasteiger partial charge in [0.25, 0.3) is 5.91 Å². The summed E-state index contributed by atoms with van der Waals surface area (Å²) in [4.78, 5) is 13.0. The zero-order chi connectivity index (χ0) is 18.1. The fourth-order valence-corrected chi connectivity index (χ4v) is 3.11. The Morgan fingerprint density at radius 2 is 1.88 bits per heavy atom. The first kappa shape index (κ1) is 16.3. The van der Waals surface area contributed by atoms with Crippen molar-refractivity contribution in [2.24, 2.45) is 0 Å². The standard InChI is InChI=1S/C18H15ClN6O/c1-11-15(17(26)21-14-5-3-2-4-6-14)16(12-7-9-13(19)10-8-12)25-18(20-11)22-23-24-25/h2-10,16H,1H3,(H,21,26)(H,20,22,24). The maximum Gasteiger partial charge on any atom is 0.255 e. The first-order valence-corrected chi connectivity index (χ1v) is 8.39. The monoisotopic (exact) mass is 366 g/mol. The molecule has 0 bridgehead atoms. The maximum absolute atomic E-state index is 13.0. The number of carbonyl (C=O) groups excluding carboxylic acids is 1. The molecule has 130 valence electrons. The van der Waals surface area contributed by atoms with Crippen LogP contribution in [0.2, 0.25) is 5.02 Å². The number of carbonyl (C=O) groups is 1. The third kappa shape index (κ3) is 2.93. The predicted molar refractivity (Wildman–Crippen MR) is 98.8 cm³/mol. The van der Waals surface area contributed by atoms with Crippen LogP contribution in [0.3, 0.4) is 0 Å². The summed E-state index contributed by atoms with van der Waals surface area (Å²) in [5.74, 6) is 0.265. The Morgan fingerprint density at radius 3 is 2.62 bits per heavy atom. The molecule has 1 amide bonds. The average Bonchev–Trinajstić information content (AvgIpc) is 3.10. The normalized spacial score (nSPS) is 16.0. The molecule has 0 spiro atoms. The number of para-hydroxylation sites is 1. The highest BCUT2D eigenvalue weighted by Gasteiger charge is 2.33. The molecule has 0 saturated heterocycles. The Hall–Kier alpha value is -3.19. The third-order valence-electron chi connectivity index (χ3n) is 4.18. The molecular formula is C18H15ClN6O. The fourth-order valence-electron chi connectivity index (χ4n) is 2.98. The molecule has 1 aliphatic heterocycles. The van der Waals surface area contributed by atoms with Gasteiger partial charge in [-0.25, -0.2) is 0 Å². The van der Waals surface area contributed by atoms with Crippen LogP contribution in [0.4, 0.5) is 11.6 Å². The lowest BCUT2D eigenvalue weighted by Gasteiger charge is -2.28. The molecule has 0 saturated carbocycles. The van der Waals surface area contributed by atoms with Crippen LogP contribution in [0.25, 0.3) is 0 Å². The molecule has 0 aliphatic carbocycles. The smallest absolute Gasteiger partial charge is 0.255 e. The Labute approximate surface area is 154 Å². The number of nitrogens with zero attached hydrogens (tertiary/aromatic N) is 4. The molecule has 2 N–H and O–H groups in total. The van der Waals surface area contributed by atoms with Gasteiger partial charge in [-0.3, -0.25) is 4.79 Å². The van der Waals surface area contributed by atoms with Gasteiger partial charge in [-0.1, -0.05) is 47.0 Å². The molecule has 1 aromatic heterocycles. The number of hydrogen-bond donors (Lipinski definition) is 2. The zero-order valence-corrected chi connectivity index (χ0v) is 14.6. The number of halogens is 1. The van der Waals surface area contributed by atoms with Crippen molar-refractivity contribution < 1.29 is 4.79 Å². The Balaban J connectivity index is 1.77. The van der Waals surface area contributed by atoms with Crippen LogP contribution < -0.4 is 10.6 Å². The molecular weight excluding hydrogens is 352 g/mol. The van der Waals surface area contributed by atoms with Crippen molar-refractivity contribution in [3.05, 3.63) is 76.5 Å². The molecule has 7 nitrogen and oxygen atoms in total. The van der Waals surface area contributed by atoms with Crippen LogP contribution in [0, 0.1) is 0 Å². The summed E-state index contributed by atoms with van der Waals surface area (Å²) in [6.45, 7) is 1.83. The number of allylic oxidation sites excluding steroid dienone is 1. The molecule has 4 rings (SSSR count). The number of hydrogen-bond acceptors (Lipinski definition) is 5. The van der Waals surface area contributed by atoms with Crippen LogP contribution in [-0.2, 0) is 4.79 Å². The van der Waals surface area contributed by atoms with E-state index in [1.165, 1.54) is 0 Å². The number of fused-ring (bicyclic) bond motifs is 1. The second kappa shape index (κ2) is 6.61. The highest BCUT2D eigenvalue weighted by molar-refractivity contribution is 6.30. The Morgan fingerprint density at radius 1 is 1.15 bits per heavy atom. The highest BCUT2D eigenvalue weighted by Crippen LogP contribution is 2.35. The van der Waals surface area contributed by atoms with Crippen molar-refractivity contribution in [2.45, 2.75) is 13.0 Å². The van der Waals surface area contributed by atoms with Crippen molar-refractivity contribution in [3.63, 3.8) is 0 Å². The van der Waals surface area contributed by atoms with E-state index < -0.39 is 6.04 Å². The Bertz CT molecular complexity index is 980. The van der Waals surface area contributed by atoms with Gasteiger partial charge >= 0.3 is 0 Å². The van der Waals surface area contributed by atoms with Gasteiger partial charge in [-0.05, 0) is 47.2 Å². The van der Waals surface area contributed by atoms with E-state index in [0.717, 1.165) is 11.3 Å². The summed E-state index contributed by atoms with van der Waals surface area (Å²) in [5.41, 5.74) is 2.81.